The zero-order chi connectivity index (χ0) is 54.7. The summed E-state index contributed by atoms with van der Waals surface area (Å²) in [6.07, 6.45) is 12.9. The van der Waals surface area contributed by atoms with Crippen molar-refractivity contribution in [1.82, 2.24) is 46.1 Å². The van der Waals surface area contributed by atoms with Crippen molar-refractivity contribution in [2.24, 2.45) is 32.7 Å². The summed E-state index contributed by atoms with van der Waals surface area (Å²) in [4.78, 5) is 59.8. The van der Waals surface area contributed by atoms with Gasteiger partial charge in [-0.05, 0) is 107 Å². The molecule has 0 saturated carbocycles. The van der Waals surface area contributed by atoms with Gasteiger partial charge in [0.05, 0.1) is 43.6 Å². The minimum atomic E-state index is -0.775. The van der Waals surface area contributed by atoms with Crippen molar-refractivity contribution in [2.45, 2.75) is 160 Å². The topological polar surface area (TPSA) is 252 Å². The number of aromatic nitrogens is 4. The van der Waals surface area contributed by atoms with E-state index < -0.39 is 33.9 Å². The summed E-state index contributed by atoms with van der Waals surface area (Å²) in [6, 6.07) is 8.05. The number of azide groups is 1. The van der Waals surface area contributed by atoms with Crippen LogP contribution in [0.25, 0.3) is 21.3 Å². The van der Waals surface area contributed by atoms with Crippen LogP contribution in [0.15, 0.2) is 41.8 Å². The standard InChI is InChI=1S/C35H54ClN7O3.C16H28N2O3.C2H5N3/c1-8-35(7,33(46)38-21-26(4)44)24-34(5,6)32(45)39-22-29-23-43(41-40-29)18-17-42(9-2)16-10-11-25(3)19-27-14-15-37-31-20-28(36)12-13-30(27)31;1-7-9-17-13(20)15(4,5)11-16(6,8-2)14(21)18-10-12(3)19;1-2-4-5-3/h12-15,20,23,25-26,44H,8-11,16-19,21-22,24H2,1-7H3,(H,38,46)(H,39,45);1,12,19H,8-11H2,2-6H3,(H,17,20)(H,18,21);2H2,1H3. The minimum Gasteiger partial charge on any atom is -0.392 e. The van der Waals surface area contributed by atoms with Gasteiger partial charge in [-0.3, -0.25) is 28.8 Å². The highest BCUT2D eigenvalue weighted by atomic mass is 35.5. The lowest BCUT2D eigenvalue weighted by Gasteiger charge is -2.35. The highest BCUT2D eigenvalue weighted by Crippen LogP contribution is 2.38. The van der Waals surface area contributed by atoms with Crippen LogP contribution in [0.4, 0.5) is 0 Å². The van der Waals surface area contributed by atoms with Crippen LogP contribution >= 0.6 is 11.6 Å². The molecule has 402 valence electrons. The van der Waals surface area contributed by atoms with Crippen LogP contribution in [0.1, 0.15) is 140 Å². The first-order valence-electron chi connectivity index (χ1n) is 25.3. The van der Waals surface area contributed by atoms with E-state index in [2.05, 4.69) is 83.4 Å². The number of likely N-dealkylation sites (N-methyl/N-ethyl adjacent to an activating group) is 1. The maximum Gasteiger partial charge on any atom is 0.226 e. The number of rotatable bonds is 28. The van der Waals surface area contributed by atoms with E-state index in [0.717, 1.165) is 51.0 Å². The van der Waals surface area contributed by atoms with Crippen LogP contribution in [0.2, 0.25) is 5.02 Å². The van der Waals surface area contributed by atoms with Crippen LogP contribution in [0, 0.1) is 39.9 Å². The normalized spacial score (nSPS) is 14.3. The molecule has 6 N–H and O–H groups in total. The number of nitrogens with one attached hydrogen (secondary N) is 4. The van der Waals surface area contributed by atoms with Crippen molar-refractivity contribution in [2.75, 3.05) is 45.8 Å². The molecule has 5 atom stereocenters. The molecular weight excluding hydrogens is 936 g/mol. The van der Waals surface area contributed by atoms with Gasteiger partial charge in [-0.25, -0.2) is 0 Å². The van der Waals surface area contributed by atoms with E-state index in [4.69, 9.17) is 23.6 Å². The predicted octanol–water partition coefficient (Wildman–Crippen LogP) is 7.79. The molecule has 0 saturated heterocycles. The van der Waals surface area contributed by atoms with E-state index in [9.17, 15) is 29.4 Å². The number of hydrogen-bond donors (Lipinski definition) is 6. The van der Waals surface area contributed by atoms with Crippen molar-refractivity contribution in [3.63, 3.8) is 0 Å². The van der Waals surface area contributed by atoms with Crippen molar-refractivity contribution >= 4 is 46.1 Å². The van der Waals surface area contributed by atoms with Gasteiger partial charge < -0.3 is 36.4 Å². The van der Waals surface area contributed by atoms with Crippen LogP contribution in [-0.4, -0.2) is 117 Å². The van der Waals surface area contributed by atoms with Gasteiger partial charge in [-0.2, -0.15) is 0 Å². The fraction of sp³-hybridized carbons (Fsp3) is 0.679. The molecule has 72 heavy (non-hydrogen) atoms. The van der Waals surface area contributed by atoms with Gasteiger partial charge in [0.2, 0.25) is 23.6 Å². The van der Waals surface area contributed by atoms with Crippen LogP contribution in [-0.2, 0) is 38.7 Å². The number of aliphatic hydroxyl groups is 2. The number of fused-ring (bicyclic) bond motifs is 1. The minimum absolute atomic E-state index is 0.141. The molecule has 0 bridgehead atoms. The first kappa shape index (κ1) is 64.7. The SMILES string of the molecule is C#CCNC(=O)C(C)(C)CC(C)(CC)C(=O)NCC(C)O.CCN(CCCC(C)Cc1ccnc2cc(Cl)ccc12)CCn1cc(CNC(=O)C(C)(C)CC(C)(CC)C(=O)NCC(C)O)nn1.CCN=[N+]=[N-]. The quantitative estimate of drug-likeness (QED) is 0.0178. The second-order valence-corrected chi connectivity index (χ2v) is 21.1. The molecule has 0 radical (unpaired) electrons. The van der Waals surface area contributed by atoms with E-state index in [1.165, 1.54) is 10.9 Å². The molecule has 0 aliphatic carbocycles. The van der Waals surface area contributed by atoms with Gasteiger partial charge in [0.15, 0.2) is 0 Å². The number of amides is 4. The smallest absolute Gasteiger partial charge is 0.226 e. The van der Waals surface area contributed by atoms with E-state index in [-0.39, 0.29) is 49.8 Å². The molecular formula is C53H87ClN12O6. The van der Waals surface area contributed by atoms with Crippen LogP contribution < -0.4 is 21.3 Å². The summed E-state index contributed by atoms with van der Waals surface area (Å²) < 4.78 is 1.83. The molecule has 1 aromatic carbocycles. The third kappa shape index (κ3) is 23.1. The summed E-state index contributed by atoms with van der Waals surface area (Å²) in [6.45, 7) is 29.4. The molecule has 4 amide bonds. The number of halogens is 1. The first-order valence-corrected chi connectivity index (χ1v) is 25.7. The highest BCUT2D eigenvalue weighted by Gasteiger charge is 2.42. The molecule has 2 aromatic heterocycles. The Kier molecular flexibility index (Phi) is 28.8. The second kappa shape index (κ2) is 32.0. The number of hydrogen-bond acceptors (Lipinski definition) is 11. The van der Waals surface area contributed by atoms with Crippen molar-refractivity contribution in [3.05, 3.63) is 63.4 Å². The molecule has 0 aliphatic rings. The van der Waals surface area contributed by atoms with E-state index in [0.29, 0.717) is 48.9 Å². The average Bonchev–Trinajstić information content (AvgIpc) is 3.79. The number of benzene rings is 1. The van der Waals surface area contributed by atoms with E-state index in [1.54, 1.807) is 34.6 Å². The van der Waals surface area contributed by atoms with Crippen LogP contribution in [0.3, 0.4) is 0 Å². The van der Waals surface area contributed by atoms with Crippen molar-refractivity contribution in [3.8, 4) is 12.3 Å². The summed E-state index contributed by atoms with van der Waals surface area (Å²) in [5.41, 5.74) is 7.60. The fourth-order valence-electron chi connectivity index (χ4n) is 8.29. The zero-order valence-corrected chi connectivity index (χ0v) is 46.3. The first-order chi connectivity index (χ1) is 33.8. The summed E-state index contributed by atoms with van der Waals surface area (Å²) in [5.74, 6) is 2.31. The Bertz CT molecular complexity index is 2240. The van der Waals surface area contributed by atoms with Gasteiger partial charge in [-0.15, -0.1) is 11.5 Å². The van der Waals surface area contributed by atoms with E-state index >= 15 is 0 Å². The molecule has 19 heteroatoms. The molecule has 0 aliphatic heterocycles. The second-order valence-electron chi connectivity index (χ2n) is 20.7. The number of pyridine rings is 1. The summed E-state index contributed by atoms with van der Waals surface area (Å²) in [5, 5.41) is 43.6. The zero-order valence-electron chi connectivity index (χ0n) is 45.6. The Morgan fingerprint density at radius 1 is 0.861 bits per heavy atom. The highest BCUT2D eigenvalue weighted by molar-refractivity contribution is 6.31. The Hall–Kier alpha value is -5.31. The molecule has 0 fully saturated rings. The van der Waals surface area contributed by atoms with Gasteiger partial charge in [0.25, 0.3) is 0 Å². The third-order valence-corrected chi connectivity index (χ3v) is 13.1. The van der Waals surface area contributed by atoms with Gasteiger partial charge in [0, 0.05) is 69.4 Å². The molecule has 5 unspecified atom stereocenters. The van der Waals surface area contributed by atoms with Gasteiger partial charge in [-0.1, -0.05) is 110 Å². The maximum absolute atomic E-state index is 13.1. The third-order valence-electron chi connectivity index (χ3n) is 12.9. The summed E-state index contributed by atoms with van der Waals surface area (Å²) >= 11 is 6.15. The molecule has 18 nitrogen and oxygen atoms in total. The molecule has 3 aromatic rings. The molecule has 3 rings (SSSR count). The lowest BCUT2D eigenvalue weighted by atomic mass is 9.71. The number of terminal acetylenes is 1. The monoisotopic (exact) mass is 1020 g/mol. The fourth-order valence-corrected chi connectivity index (χ4v) is 8.46. The predicted molar refractivity (Wildman–Crippen MR) is 287 cm³/mol. The molecule has 0 spiro atoms. The van der Waals surface area contributed by atoms with Crippen molar-refractivity contribution in [1.29, 1.82) is 0 Å². The number of aliphatic hydroxyl groups excluding tert-OH is 2. The van der Waals surface area contributed by atoms with Crippen molar-refractivity contribution < 1.29 is 29.4 Å². The largest absolute Gasteiger partial charge is 0.392 e. The summed E-state index contributed by atoms with van der Waals surface area (Å²) in [7, 11) is 0. The Morgan fingerprint density at radius 2 is 1.43 bits per heavy atom. The number of carbonyl (C=O) groups excluding carboxylic acids is 4. The maximum atomic E-state index is 13.1. The van der Waals surface area contributed by atoms with E-state index in [1.807, 2.05) is 70.8 Å². The molecule has 2 heterocycles. The Morgan fingerprint density at radius 3 is 1.92 bits per heavy atom. The van der Waals surface area contributed by atoms with Gasteiger partial charge in [0.1, 0.15) is 5.69 Å². The Balaban J connectivity index is 0.000000827. The number of carbonyl (C=O) groups is 4. The lowest BCUT2D eigenvalue weighted by Crippen LogP contribution is -2.47. The average molecular weight is 1020 g/mol. The van der Waals surface area contributed by atoms with Crippen LogP contribution in [0.5, 0.6) is 0 Å². The van der Waals surface area contributed by atoms with Gasteiger partial charge >= 0.3 is 0 Å². The Labute approximate surface area is 434 Å². The number of nitrogens with zero attached hydrogens (tertiary/aromatic N) is 8. The lowest BCUT2D eigenvalue weighted by molar-refractivity contribution is -0.138.